The molecule has 2 aromatic rings. The zero-order valence-corrected chi connectivity index (χ0v) is 22.5. The van der Waals surface area contributed by atoms with Crippen molar-refractivity contribution in [3.8, 4) is 5.75 Å². The number of benzene rings is 2. The summed E-state index contributed by atoms with van der Waals surface area (Å²) in [5.74, 6) is -5.07. The first-order valence-corrected chi connectivity index (χ1v) is 13.6. The number of phenols is 1. The predicted octanol–water partition coefficient (Wildman–Crippen LogP) is 4.73. The van der Waals surface area contributed by atoms with Crippen LogP contribution in [0.5, 0.6) is 5.75 Å². The van der Waals surface area contributed by atoms with Crippen molar-refractivity contribution >= 4 is 17.3 Å². The summed E-state index contributed by atoms with van der Waals surface area (Å²) in [6, 6.07) is 10.2. The SMILES string of the molecule is CCc1cc(CCCc2ccc(C)cc2)c(O)c2c1C[C@H]1C[C@H]3CC(O)=C(C(C)=O)C(=O)[C@@]3(O)C(O)=C1C2=O. The van der Waals surface area contributed by atoms with Gasteiger partial charge < -0.3 is 20.4 Å². The molecule has 39 heavy (non-hydrogen) atoms. The van der Waals surface area contributed by atoms with Crippen LogP contribution in [-0.4, -0.2) is 43.4 Å². The smallest absolute Gasteiger partial charge is 0.209 e. The summed E-state index contributed by atoms with van der Waals surface area (Å²) in [6.45, 7) is 5.13. The summed E-state index contributed by atoms with van der Waals surface area (Å²) in [7, 11) is 0. The number of Topliss-reactive ketones (excluding diaryl/α,β-unsaturated/α-hetero) is 3. The first-order valence-electron chi connectivity index (χ1n) is 13.6. The highest BCUT2D eigenvalue weighted by molar-refractivity contribution is 6.25. The van der Waals surface area contributed by atoms with E-state index in [0.717, 1.165) is 30.9 Å². The van der Waals surface area contributed by atoms with E-state index in [-0.39, 0.29) is 29.7 Å². The highest BCUT2D eigenvalue weighted by atomic mass is 16.3. The van der Waals surface area contributed by atoms with Crippen LogP contribution < -0.4 is 0 Å². The summed E-state index contributed by atoms with van der Waals surface area (Å²) in [4.78, 5) is 39.2. The van der Waals surface area contributed by atoms with Crippen molar-refractivity contribution in [1.29, 1.82) is 0 Å². The molecular formula is C32H34O7. The maximum Gasteiger partial charge on any atom is 0.209 e. The van der Waals surface area contributed by atoms with Crippen LogP contribution in [-0.2, 0) is 35.3 Å². The lowest BCUT2D eigenvalue weighted by Crippen LogP contribution is -2.56. The average molecular weight is 531 g/mol. The fourth-order valence-corrected chi connectivity index (χ4v) is 6.68. The molecule has 0 saturated heterocycles. The van der Waals surface area contributed by atoms with Gasteiger partial charge in [-0.15, -0.1) is 0 Å². The third-order valence-electron chi connectivity index (χ3n) is 8.75. The molecule has 0 radical (unpaired) electrons. The lowest BCUT2D eigenvalue weighted by Gasteiger charge is -2.46. The van der Waals surface area contributed by atoms with Gasteiger partial charge in [0.15, 0.2) is 17.2 Å². The van der Waals surface area contributed by atoms with Gasteiger partial charge in [0.05, 0.1) is 5.56 Å². The fraction of sp³-hybridized carbons (Fsp3) is 0.406. The van der Waals surface area contributed by atoms with Gasteiger partial charge in [-0.1, -0.05) is 42.8 Å². The van der Waals surface area contributed by atoms with Crippen molar-refractivity contribution in [3.05, 3.63) is 86.4 Å². The summed E-state index contributed by atoms with van der Waals surface area (Å²) in [5.41, 5.74) is 1.71. The molecule has 204 valence electrons. The van der Waals surface area contributed by atoms with Gasteiger partial charge in [-0.05, 0) is 80.5 Å². The monoisotopic (exact) mass is 530 g/mol. The van der Waals surface area contributed by atoms with E-state index in [1.54, 1.807) is 0 Å². The molecule has 0 unspecified atom stereocenters. The Hall–Kier alpha value is -3.71. The minimum absolute atomic E-state index is 0.0898. The molecule has 2 aromatic carbocycles. The zero-order chi connectivity index (χ0) is 28.2. The quantitative estimate of drug-likeness (QED) is 0.397. The largest absolute Gasteiger partial charge is 0.511 e. The van der Waals surface area contributed by atoms with Gasteiger partial charge in [-0.3, -0.25) is 14.4 Å². The summed E-state index contributed by atoms with van der Waals surface area (Å²) >= 11 is 0. The number of hydrogen-bond acceptors (Lipinski definition) is 7. The maximum atomic E-state index is 13.9. The second-order valence-corrected chi connectivity index (χ2v) is 11.2. The maximum absolute atomic E-state index is 13.9. The van der Waals surface area contributed by atoms with E-state index in [1.807, 2.05) is 19.9 Å². The molecule has 0 amide bonds. The Morgan fingerprint density at radius 2 is 1.72 bits per heavy atom. The molecule has 4 N–H and O–H groups in total. The van der Waals surface area contributed by atoms with Crippen LogP contribution in [0, 0.1) is 18.8 Å². The second kappa shape index (κ2) is 9.79. The molecule has 0 aromatic heterocycles. The number of fused-ring (bicyclic) bond motifs is 3. The standard InChI is InChI=1S/C32H34O7/c1-4-19-12-20(7-5-6-18-10-8-16(2)9-11-18)28(35)27-23(19)14-21-13-22-15-24(34)25(17(3)33)30(37)32(22,39)31(38)26(21)29(27)36/h8-12,21-22,34-35,38-39H,4-7,13-15H2,1-3H3/t21-,22+,32-/m1/s1. The Labute approximate surface area is 227 Å². The Balaban J connectivity index is 1.52. The van der Waals surface area contributed by atoms with Crippen LogP contribution in [0.3, 0.4) is 0 Å². The number of aliphatic hydroxyl groups excluding tert-OH is 2. The highest BCUT2D eigenvalue weighted by Crippen LogP contribution is 2.52. The molecular weight excluding hydrogens is 496 g/mol. The second-order valence-electron chi connectivity index (χ2n) is 11.2. The number of hydrogen-bond donors (Lipinski definition) is 4. The zero-order valence-electron chi connectivity index (χ0n) is 22.5. The van der Waals surface area contributed by atoms with E-state index >= 15 is 0 Å². The number of phenolic OH excluding ortho intramolecular Hbond substituents is 1. The van der Waals surface area contributed by atoms with Crippen LogP contribution in [0.4, 0.5) is 0 Å². The number of rotatable bonds is 6. The molecule has 0 fully saturated rings. The Morgan fingerprint density at radius 1 is 1.03 bits per heavy atom. The summed E-state index contributed by atoms with van der Waals surface area (Å²) in [6.07, 6.45) is 3.15. The van der Waals surface area contributed by atoms with Crippen molar-refractivity contribution in [3.63, 3.8) is 0 Å². The third kappa shape index (κ3) is 4.20. The van der Waals surface area contributed by atoms with E-state index < -0.39 is 51.9 Å². The first kappa shape index (κ1) is 26.9. The van der Waals surface area contributed by atoms with Gasteiger partial charge >= 0.3 is 0 Å². The van der Waals surface area contributed by atoms with E-state index in [4.69, 9.17) is 0 Å². The summed E-state index contributed by atoms with van der Waals surface area (Å²) < 4.78 is 0. The molecule has 0 bridgehead atoms. The molecule has 3 aliphatic rings. The lowest BCUT2D eigenvalue weighted by molar-refractivity contribution is -0.144. The first-order chi connectivity index (χ1) is 18.5. The van der Waals surface area contributed by atoms with E-state index in [0.29, 0.717) is 24.8 Å². The van der Waals surface area contributed by atoms with Crippen molar-refractivity contribution in [2.75, 3.05) is 0 Å². The predicted molar refractivity (Wildman–Crippen MR) is 145 cm³/mol. The molecule has 3 aliphatic carbocycles. The van der Waals surface area contributed by atoms with Gasteiger partial charge in [-0.2, -0.15) is 0 Å². The number of carbonyl (C=O) groups excluding carboxylic acids is 3. The Bertz CT molecular complexity index is 1460. The van der Waals surface area contributed by atoms with Crippen molar-refractivity contribution in [2.45, 2.75) is 71.3 Å². The third-order valence-corrected chi connectivity index (χ3v) is 8.75. The topological polar surface area (TPSA) is 132 Å². The number of aryl methyl sites for hydroxylation is 4. The number of aliphatic hydroxyl groups is 3. The van der Waals surface area contributed by atoms with Crippen molar-refractivity contribution in [1.82, 2.24) is 0 Å². The van der Waals surface area contributed by atoms with Crippen LogP contribution in [0.15, 0.2) is 53.0 Å². The molecule has 0 saturated carbocycles. The molecule has 7 nitrogen and oxygen atoms in total. The fourth-order valence-electron chi connectivity index (χ4n) is 6.68. The Morgan fingerprint density at radius 3 is 2.36 bits per heavy atom. The van der Waals surface area contributed by atoms with Crippen LogP contribution in [0.25, 0.3) is 0 Å². The van der Waals surface area contributed by atoms with E-state index in [2.05, 4.69) is 24.3 Å². The minimum Gasteiger partial charge on any atom is -0.511 e. The van der Waals surface area contributed by atoms with Crippen LogP contribution >= 0.6 is 0 Å². The average Bonchev–Trinajstić information content (AvgIpc) is 2.88. The normalized spacial score (nSPS) is 24.4. The van der Waals surface area contributed by atoms with Crippen LogP contribution in [0.1, 0.15) is 71.3 Å². The van der Waals surface area contributed by atoms with Gasteiger partial charge in [0.2, 0.25) is 5.78 Å². The number of carbonyl (C=O) groups is 3. The Kier molecular flexibility index (Phi) is 6.75. The lowest BCUT2D eigenvalue weighted by atomic mass is 9.59. The number of allylic oxidation sites excluding steroid dienone is 2. The van der Waals surface area contributed by atoms with E-state index in [1.165, 1.54) is 11.1 Å². The molecule has 0 aliphatic heterocycles. The van der Waals surface area contributed by atoms with Gasteiger partial charge in [0.1, 0.15) is 22.8 Å². The molecule has 3 atom stereocenters. The van der Waals surface area contributed by atoms with Crippen LogP contribution in [0.2, 0.25) is 0 Å². The van der Waals surface area contributed by atoms with Crippen molar-refractivity contribution < 1.29 is 34.8 Å². The summed E-state index contributed by atoms with van der Waals surface area (Å²) in [5, 5.41) is 44.4. The van der Waals surface area contributed by atoms with Gasteiger partial charge in [0.25, 0.3) is 0 Å². The molecule has 0 spiro atoms. The molecule has 0 heterocycles. The number of aromatic hydroxyl groups is 1. The molecule has 7 heteroatoms. The minimum atomic E-state index is -2.47. The van der Waals surface area contributed by atoms with Gasteiger partial charge in [0, 0.05) is 17.9 Å². The van der Waals surface area contributed by atoms with Crippen molar-refractivity contribution in [2.24, 2.45) is 11.8 Å². The molecule has 5 rings (SSSR count). The van der Waals surface area contributed by atoms with Gasteiger partial charge in [-0.25, -0.2) is 0 Å². The highest BCUT2D eigenvalue weighted by Gasteiger charge is 2.59. The number of ketones is 3. The van der Waals surface area contributed by atoms with E-state index in [9.17, 15) is 34.8 Å².